The third kappa shape index (κ3) is 2.78. The molecule has 1 aliphatic rings. The number of rotatable bonds is 4. The number of pyridine rings is 1. The Labute approximate surface area is 113 Å². The first-order valence-electron chi connectivity index (χ1n) is 5.74. The van der Waals surface area contributed by atoms with Crippen molar-refractivity contribution < 1.29 is 9.66 Å². The highest BCUT2D eigenvalue weighted by Gasteiger charge is 2.19. The monoisotopic (exact) mass is 315 g/mol. The van der Waals surface area contributed by atoms with E-state index in [1.165, 1.54) is 6.20 Å². The highest BCUT2D eigenvalue weighted by molar-refractivity contribution is 9.10. The zero-order valence-corrected chi connectivity index (χ0v) is 11.6. The molecule has 7 heteroatoms. The molecule has 18 heavy (non-hydrogen) atoms. The molecule has 0 aromatic carbocycles. The molecule has 1 aliphatic heterocycles. The summed E-state index contributed by atoms with van der Waals surface area (Å²) in [5.41, 5.74) is 0.592. The minimum atomic E-state index is -0.434. The summed E-state index contributed by atoms with van der Waals surface area (Å²) >= 11 is 3.34. The Hall–Kier alpha value is -1.21. The van der Waals surface area contributed by atoms with Gasteiger partial charge in [0.2, 0.25) is 0 Å². The van der Waals surface area contributed by atoms with E-state index in [-0.39, 0.29) is 11.8 Å². The van der Waals surface area contributed by atoms with Crippen LogP contribution in [0.4, 0.5) is 11.5 Å². The lowest BCUT2D eigenvalue weighted by atomic mass is 10.2. The van der Waals surface area contributed by atoms with Gasteiger partial charge >= 0.3 is 0 Å². The van der Waals surface area contributed by atoms with Gasteiger partial charge in [-0.05, 0) is 35.7 Å². The highest BCUT2D eigenvalue weighted by atomic mass is 79.9. The maximum atomic E-state index is 10.8. The van der Waals surface area contributed by atoms with E-state index in [1.54, 1.807) is 6.92 Å². The molecule has 1 N–H and O–H groups in total. The van der Waals surface area contributed by atoms with Crippen LogP contribution in [0.3, 0.4) is 0 Å². The van der Waals surface area contributed by atoms with Crippen LogP contribution in [0.5, 0.6) is 0 Å². The van der Waals surface area contributed by atoms with Crippen LogP contribution in [0.1, 0.15) is 18.4 Å². The van der Waals surface area contributed by atoms with Gasteiger partial charge in [-0.15, -0.1) is 0 Å². The van der Waals surface area contributed by atoms with Crippen molar-refractivity contribution >= 4 is 27.4 Å². The van der Waals surface area contributed by atoms with Gasteiger partial charge in [-0.3, -0.25) is 10.1 Å². The number of halogens is 1. The van der Waals surface area contributed by atoms with Crippen LogP contribution in [0.25, 0.3) is 0 Å². The molecule has 1 unspecified atom stereocenters. The zero-order chi connectivity index (χ0) is 13.1. The van der Waals surface area contributed by atoms with Crippen molar-refractivity contribution in [2.45, 2.75) is 25.9 Å². The number of hydrogen-bond donors (Lipinski definition) is 1. The molecule has 1 atom stereocenters. The van der Waals surface area contributed by atoms with Crippen LogP contribution in [-0.4, -0.2) is 29.2 Å². The molecule has 0 radical (unpaired) electrons. The Balaban J connectivity index is 2.09. The van der Waals surface area contributed by atoms with Gasteiger partial charge in [0.25, 0.3) is 5.69 Å². The summed E-state index contributed by atoms with van der Waals surface area (Å²) < 4.78 is 6.13. The van der Waals surface area contributed by atoms with Crippen molar-refractivity contribution in [2.24, 2.45) is 0 Å². The summed E-state index contributed by atoms with van der Waals surface area (Å²) in [5, 5.41) is 13.9. The molecule has 1 fully saturated rings. The second-order valence-corrected chi connectivity index (χ2v) is 5.00. The molecule has 1 aromatic heterocycles. The molecule has 2 rings (SSSR count). The fourth-order valence-electron chi connectivity index (χ4n) is 1.89. The molecule has 6 nitrogen and oxygen atoms in total. The minimum absolute atomic E-state index is 0.0181. The summed E-state index contributed by atoms with van der Waals surface area (Å²) in [4.78, 5) is 14.4. The van der Waals surface area contributed by atoms with Crippen LogP contribution in [0.15, 0.2) is 10.7 Å². The Bertz CT molecular complexity index is 461. The lowest BCUT2D eigenvalue weighted by Crippen LogP contribution is -2.19. The SMILES string of the molecule is Cc1c([N+](=O)[O-])cnc(NCC2CCCO2)c1Br. The van der Waals surface area contributed by atoms with E-state index in [0.717, 1.165) is 19.4 Å². The highest BCUT2D eigenvalue weighted by Crippen LogP contribution is 2.30. The Kier molecular flexibility index (Phi) is 4.13. The van der Waals surface area contributed by atoms with E-state index in [4.69, 9.17) is 4.74 Å². The number of nitrogens with one attached hydrogen (secondary N) is 1. The third-order valence-electron chi connectivity index (χ3n) is 2.96. The maximum Gasteiger partial charge on any atom is 0.291 e. The molecule has 0 amide bonds. The first-order chi connectivity index (χ1) is 8.59. The fourth-order valence-corrected chi connectivity index (χ4v) is 2.34. The van der Waals surface area contributed by atoms with Crippen molar-refractivity contribution in [3.63, 3.8) is 0 Å². The normalized spacial score (nSPS) is 18.9. The van der Waals surface area contributed by atoms with E-state index >= 15 is 0 Å². The summed E-state index contributed by atoms with van der Waals surface area (Å²) in [6, 6.07) is 0. The Morgan fingerprint density at radius 2 is 2.50 bits per heavy atom. The van der Waals surface area contributed by atoms with Crippen LogP contribution >= 0.6 is 15.9 Å². The van der Waals surface area contributed by atoms with Crippen molar-refractivity contribution in [1.82, 2.24) is 4.98 Å². The van der Waals surface area contributed by atoms with E-state index in [1.807, 2.05) is 0 Å². The van der Waals surface area contributed by atoms with Crippen LogP contribution in [-0.2, 0) is 4.74 Å². The molecule has 0 saturated carbocycles. The smallest absolute Gasteiger partial charge is 0.291 e. The maximum absolute atomic E-state index is 10.8. The fraction of sp³-hybridized carbons (Fsp3) is 0.545. The summed E-state index contributed by atoms with van der Waals surface area (Å²) in [7, 11) is 0. The summed E-state index contributed by atoms with van der Waals surface area (Å²) in [6.07, 6.45) is 3.60. The van der Waals surface area contributed by atoms with E-state index in [2.05, 4.69) is 26.2 Å². The van der Waals surface area contributed by atoms with Crippen molar-refractivity contribution in [3.8, 4) is 0 Å². The number of anilines is 1. The predicted octanol–water partition coefficient (Wildman–Crippen LogP) is 2.65. The first-order valence-corrected chi connectivity index (χ1v) is 6.54. The minimum Gasteiger partial charge on any atom is -0.376 e. The molecule has 0 bridgehead atoms. The molecule has 98 valence electrons. The second-order valence-electron chi connectivity index (χ2n) is 4.20. The van der Waals surface area contributed by atoms with Crippen LogP contribution < -0.4 is 5.32 Å². The van der Waals surface area contributed by atoms with Gasteiger partial charge in [-0.2, -0.15) is 0 Å². The molecule has 1 aromatic rings. The van der Waals surface area contributed by atoms with Gasteiger partial charge in [0.05, 0.1) is 15.5 Å². The van der Waals surface area contributed by atoms with Crippen molar-refractivity contribution in [3.05, 3.63) is 26.3 Å². The Morgan fingerprint density at radius 3 is 3.11 bits per heavy atom. The van der Waals surface area contributed by atoms with Crippen LogP contribution in [0.2, 0.25) is 0 Å². The van der Waals surface area contributed by atoms with Crippen molar-refractivity contribution in [2.75, 3.05) is 18.5 Å². The van der Waals surface area contributed by atoms with E-state index < -0.39 is 4.92 Å². The lowest BCUT2D eigenvalue weighted by molar-refractivity contribution is -0.385. The summed E-state index contributed by atoms with van der Waals surface area (Å²) in [5.74, 6) is 0.619. The predicted molar refractivity (Wildman–Crippen MR) is 70.8 cm³/mol. The van der Waals surface area contributed by atoms with Gasteiger partial charge in [-0.1, -0.05) is 0 Å². The van der Waals surface area contributed by atoms with Gasteiger partial charge in [0.1, 0.15) is 12.0 Å². The summed E-state index contributed by atoms with van der Waals surface area (Å²) in [6.45, 7) is 3.17. The lowest BCUT2D eigenvalue weighted by Gasteiger charge is -2.13. The number of nitro groups is 1. The molecule has 2 heterocycles. The van der Waals surface area contributed by atoms with Crippen LogP contribution in [0, 0.1) is 17.0 Å². The standard InChI is InChI=1S/C11H14BrN3O3/c1-7-9(15(16)17)6-14-11(10(7)12)13-5-8-3-2-4-18-8/h6,8H,2-5H2,1H3,(H,13,14). The molecule has 0 aliphatic carbocycles. The number of ether oxygens (including phenoxy) is 1. The average Bonchev–Trinajstić information content (AvgIpc) is 2.83. The molecular weight excluding hydrogens is 302 g/mol. The van der Waals surface area contributed by atoms with Crippen molar-refractivity contribution in [1.29, 1.82) is 0 Å². The van der Waals surface area contributed by atoms with E-state index in [9.17, 15) is 10.1 Å². The van der Waals surface area contributed by atoms with E-state index in [0.29, 0.717) is 22.4 Å². The second kappa shape index (κ2) is 5.62. The Morgan fingerprint density at radius 1 is 1.72 bits per heavy atom. The van der Waals surface area contributed by atoms with Gasteiger partial charge in [0.15, 0.2) is 0 Å². The average molecular weight is 316 g/mol. The number of nitrogens with zero attached hydrogens (tertiary/aromatic N) is 2. The molecule has 0 spiro atoms. The first kappa shape index (κ1) is 13.2. The van der Waals surface area contributed by atoms with Gasteiger partial charge in [0, 0.05) is 18.7 Å². The largest absolute Gasteiger partial charge is 0.376 e. The van der Waals surface area contributed by atoms with Gasteiger partial charge < -0.3 is 10.1 Å². The van der Waals surface area contributed by atoms with Gasteiger partial charge in [-0.25, -0.2) is 4.98 Å². The number of hydrogen-bond acceptors (Lipinski definition) is 5. The quantitative estimate of drug-likeness (QED) is 0.682. The number of aromatic nitrogens is 1. The topological polar surface area (TPSA) is 77.3 Å². The molecular formula is C11H14BrN3O3. The zero-order valence-electron chi connectivity index (χ0n) is 9.98. The third-order valence-corrected chi connectivity index (χ3v) is 3.93. The molecule has 1 saturated heterocycles.